The Morgan fingerprint density at radius 1 is 1.17 bits per heavy atom. The van der Waals surface area contributed by atoms with E-state index in [4.69, 9.17) is 16.3 Å². The molecule has 2 rings (SSSR count). The van der Waals surface area contributed by atoms with E-state index in [9.17, 15) is 18.0 Å². The summed E-state index contributed by atoms with van der Waals surface area (Å²) in [6.45, 7) is 1.51. The van der Waals surface area contributed by atoms with Crippen LogP contribution in [0.15, 0.2) is 42.5 Å². The molecule has 2 aromatic carbocycles. The highest BCUT2D eigenvalue weighted by Gasteiger charge is 2.30. The summed E-state index contributed by atoms with van der Waals surface area (Å²) < 4.78 is 42.4. The van der Waals surface area contributed by atoms with Crippen molar-refractivity contribution < 1.29 is 22.7 Å². The van der Waals surface area contributed by atoms with E-state index < -0.39 is 17.6 Å². The summed E-state index contributed by atoms with van der Waals surface area (Å²) in [4.78, 5) is 11.7. The minimum absolute atomic E-state index is 0.176. The van der Waals surface area contributed by atoms with Crippen LogP contribution in [0.3, 0.4) is 0 Å². The van der Waals surface area contributed by atoms with Crippen LogP contribution in [-0.2, 0) is 11.0 Å². The molecule has 0 heterocycles. The van der Waals surface area contributed by atoms with Crippen molar-refractivity contribution in [2.75, 3.05) is 11.9 Å². The maximum Gasteiger partial charge on any atom is 0.416 e. The molecule has 0 atom stereocenters. The number of anilines is 1. The van der Waals surface area contributed by atoms with Gasteiger partial charge in [0.2, 0.25) is 0 Å². The molecular formula is C16H13ClF3NO2. The van der Waals surface area contributed by atoms with E-state index in [0.717, 1.165) is 17.7 Å². The average Bonchev–Trinajstić information content (AvgIpc) is 2.48. The lowest BCUT2D eigenvalue weighted by molar-refractivity contribution is -0.137. The monoisotopic (exact) mass is 343 g/mol. The van der Waals surface area contributed by atoms with Gasteiger partial charge >= 0.3 is 6.18 Å². The zero-order valence-corrected chi connectivity index (χ0v) is 12.8. The van der Waals surface area contributed by atoms with Crippen LogP contribution in [0, 0.1) is 6.92 Å². The molecule has 7 heteroatoms. The largest absolute Gasteiger partial charge is 0.484 e. The Kier molecular flexibility index (Phi) is 5.15. The van der Waals surface area contributed by atoms with Gasteiger partial charge in [0.05, 0.1) is 5.56 Å². The molecule has 0 unspecified atom stereocenters. The number of rotatable bonds is 4. The van der Waals surface area contributed by atoms with Crippen LogP contribution in [0.25, 0.3) is 0 Å². The van der Waals surface area contributed by atoms with Gasteiger partial charge in [0.25, 0.3) is 5.91 Å². The number of aryl methyl sites for hydroxylation is 1. The van der Waals surface area contributed by atoms with Crippen molar-refractivity contribution in [2.24, 2.45) is 0 Å². The van der Waals surface area contributed by atoms with E-state index in [1.807, 2.05) is 6.92 Å². The predicted molar refractivity (Wildman–Crippen MR) is 81.8 cm³/mol. The summed E-state index contributed by atoms with van der Waals surface area (Å²) in [7, 11) is 0. The number of carbonyl (C=O) groups excluding carboxylic acids is 1. The SMILES string of the molecule is Cc1ccc(NC(=O)COc2ccc(C(F)(F)F)cc2)cc1Cl. The third kappa shape index (κ3) is 4.89. The zero-order valence-electron chi connectivity index (χ0n) is 12.1. The summed E-state index contributed by atoms with van der Waals surface area (Å²) in [6.07, 6.45) is -4.40. The minimum atomic E-state index is -4.40. The highest BCUT2D eigenvalue weighted by Crippen LogP contribution is 2.30. The highest BCUT2D eigenvalue weighted by molar-refractivity contribution is 6.31. The van der Waals surface area contributed by atoms with Gasteiger partial charge < -0.3 is 10.1 Å². The first kappa shape index (κ1) is 17.1. The number of ether oxygens (including phenoxy) is 1. The first-order chi connectivity index (χ1) is 10.8. The molecule has 1 amide bonds. The number of nitrogens with one attached hydrogen (secondary N) is 1. The van der Waals surface area contributed by atoms with Crippen LogP contribution in [0.1, 0.15) is 11.1 Å². The summed E-state index contributed by atoms with van der Waals surface area (Å²) in [5.74, 6) is -0.264. The molecule has 0 saturated carbocycles. The van der Waals surface area contributed by atoms with Gasteiger partial charge in [-0.15, -0.1) is 0 Å². The molecule has 0 saturated heterocycles. The second kappa shape index (κ2) is 6.91. The van der Waals surface area contributed by atoms with Gasteiger partial charge in [-0.3, -0.25) is 4.79 Å². The van der Waals surface area contributed by atoms with Crippen LogP contribution in [0.4, 0.5) is 18.9 Å². The maximum atomic E-state index is 12.4. The molecule has 2 aromatic rings. The van der Waals surface area contributed by atoms with Gasteiger partial charge in [-0.2, -0.15) is 13.2 Å². The van der Waals surface area contributed by atoms with Crippen molar-refractivity contribution in [1.82, 2.24) is 0 Å². The lowest BCUT2D eigenvalue weighted by Crippen LogP contribution is -2.20. The first-order valence-corrected chi connectivity index (χ1v) is 6.99. The zero-order chi connectivity index (χ0) is 17.0. The number of benzene rings is 2. The van der Waals surface area contributed by atoms with Crippen LogP contribution in [-0.4, -0.2) is 12.5 Å². The lowest BCUT2D eigenvalue weighted by atomic mass is 10.2. The summed E-state index contributed by atoms with van der Waals surface area (Å²) in [5, 5.41) is 3.11. The Hall–Kier alpha value is -2.21. The molecular weight excluding hydrogens is 331 g/mol. The fourth-order valence-electron chi connectivity index (χ4n) is 1.76. The summed E-state index contributed by atoms with van der Waals surface area (Å²) in [6, 6.07) is 9.18. The Bertz CT molecular complexity index is 699. The van der Waals surface area contributed by atoms with Crippen molar-refractivity contribution in [3.63, 3.8) is 0 Å². The van der Waals surface area contributed by atoms with Crippen molar-refractivity contribution in [1.29, 1.82) is 0 Å². The fraction of sp³-hybridized carbons (Fsp3) is 0.188. The minimum Gasteiger partial charge on any atom is -0.484 e. The third-order valence-electron chi connectivity index (χ3n) is 3.01. The molecule has 0 bridgehead atoms. The molecule has 122 valence electrons. The number of halogens is 4. The van der Waals surface area contributed by atoms with Gasteiger partial charge in [-0.05, 0) is 48.9 Å². The third-order valence-corrected chi connectivity index (χ3v) is 3.41. The van der Waals surface area contributed by atoms with Gasteiger partial charge in [0.1, 0.15) is 5.75 Å². The summed E-state index contributed by atoms with van der Waals surface area (Å²) >= 11 is 5.95. The number of hydrogen-bond acceptors (Lipinski definition) is 2. The van der Waals surface area contributed by atoms with Crippen LogP contribution < -0.4 is 10.1 Å². The first-order valence-electron chi connectivity index (χ1n) is 6.62. The van der Waals surface area contributed by atoms with Gasteiger partial charge in [0, 0.05) is 10.7 Å². The Labute approximate surface area is 136 Å². The van der Waals surface area contributed by atoms with Crippen LogP contribution >= 0.6 is 11.6 Å². The lowest BCUT2D eigenvalue weighted by Gasteiger charge is -2.10. The van der Waals surface area contributed by atoms with E-state index in [0.29, 0.717) is 10.7 Å². The molecule has 23 heavy (non-hydrogen) atoms. The standard InChI is InChI=1S/C16H13ClF3NO2/c1-10-2-5-12(8-14(10)17)21-15(22)9-23-13-6-3-11(4-7-13)16(18,19)20/h2-8H,9H2,1H3,(H,21,22). The van der Waals surface area contributed by atoms with Gasteiger partial charge in [0.15, 0.2) is 6.61 Å². The Morgan fingerprint density at radius 2 is 1.83 bits per heavy atom. The average molecular weight is 344 g/mol. The van der Waals surface area contributed by atoms with E-state index in [-0.39, 0.29) is 12.4 Å². The van der Waals surface area contributed by atoms with Crippen LogP contribution in [0.2, 0.25) is 5.02 Å². The quantitative estimate of drug-likeness (QED) is 0.875. The van der Waals surface area contributed by atoms with E-state index in [2.05, 4.69) is 5.32 Å². The second-order valence-electron chi connectivity index (χ2n) is 4.82. The molecule has 0 radical (unpaired) electrons. The van der Waals surface area contributed by atoms with E-state index >= 15 is 0 Å². The van der Waals surface area contributed by atoms with Gasteiger partial charge in [-0.1, -0.05) is 17.7 Å². The smallest absolute Gasteiger partial charge is 0.416 e. The molecule has 0 aliphatic rings. The number of amides is 1. The van der Waals surface area contributed by atoms with Crippen molar-refractivity contribution in [3.8, 4) is 5.75 Å². The van der Waals surface area contributed by atoms with Crippen molar-refractivity contribution >= 4 is 23.2 Å². The predicted octanol–water partition coefficient (Wildman–Crippen LogP) is 4.68. The Morgan fingerprint density at radius 3 is 2.39 bits per heavy atom. The molecule has 1 N–H and O–H groups in total. The topological polar surface area (TPSA) is 38.3 Å². The van der Waals surface area contributed by atoms with E-state index in [1.165, 1.54) is 12.1 Å². The number of hydrogen-bond donors (Lipinski definition) is 1. The molecule has 0 aromatic heterocycles. The fourth-order valence-corrected chi connectivity index (χ4v) is 1.94. The Balaban J connectivity index is 1.90. The highest BCUT2D eigenvalue weighted by atomic mass is 35.5. The van der Waals surface area contributed by atoms with Gasteiger partial charge in [-0.25, -0.2) is 0 Å². The van der Waals surface area contributed by atoms with Crippen LogP contribution in [0.5, 0.6) is 5.75 Å². The maximum absolute atomic E-state index is 12.4. The van der Waals surface area contributed by atoms with E-state index in [1.54, 1.807) is 18.2 Å². The summed E-state index contributed by atoms with van der Waals surface area (Å²) in [5.41, 5.74) is 0.621. The van der Waals surface area contributed by atoms with Crippen molar-refractivity contribution in [2.45, 2.75) is 13.1 Å². The van der Waals surface area contributed by atoms with Crippen molar-refractivity contribution in [3.05, 3.63) is 58.6 Å². The second-order valence-corrected chi connectivity index (χ2v) is 5.23. The number of carbonyl (C=O) groups is 1. The molecule has 0 aliphatic heterocycles. The molecule has 0 fully saturated rings. The number of alkyl halides is 3. The molecule has 0 aliphatic carbocycles. The normalized spacial score (nSPS) is 11.2. The molecule has 3 nitrogen and oxygen atoms in total. The molecule has 0 spiro atoms.